The molecule has 2 aliphatic carbocycles. The van der Waals surface area contributed by atoms with Crippen LogP contribution in [0.5, 0.6) is 0 Å². The summed E-state index contributed by atoms with van der Waals surface area (Å²) in [6, 6.07) is 3.90. The van der Waals surface area contributed by atoms with Crippen LogP contribution in [0.1, 0.15) is 50.7 Å². The summed E-state index contributed by atoms with van der Waals surface area (Å²) >= 11 is 0. The molecule has 0 saturated heterocycles. The maximum absolute atomic E-state index is 13.9. The third kappa shape index (κ3) is 3.07. The molecule has 8 heteroatoms. The van der Waals surface area contributed by atoms with Gasteiger partial charge < -0.3 is 9.88 Å². The van der Waals surface area contributed by atoms with E-state index in [2.05, 4.69) is 24.8 Å². The number of carbonyl (C=O) groups excluding carboxylic acids is 1. The summed E-state index contributed by atoms with van der Waals surface area (Å²) in [4.78, 5) is 23.9. The van der Waals surface area contributed by atoms with Gasteiger partial charge >= 0.3 is 5.92 Å². The second kappa shape index (κ2) is 5.81. The molecule has 1 amide bonds. The van der Waals surface area contributed by atoms with Crippen LogP contribution in [0.4, 0.5) is 14.6 Å². The number of amides is 1. The largest absolute Gasteiger partial charge is 0.342 e. The number of rotatable bonds is 4. The van der Waals surface area contributed by atoms with Crippen LogP contribution in [0, 0.1) is 12.3 Å². The molecular weight excluding hydrogens is 376 g/mol. The van der Waals surface area contributed by atoms with E-state index in [1.165, 1.54) is 19.8 Å². The van der Waals surface area contributed by atoms with E-state index in [0.29, 0.717) is 28.7 Å². The first kappa shape index (κ1) is 18.1. The van der Waals surface area contributed by atoms with Gasteiger partial charge in [0.1, 0.15) is 5.82 Å². The van der Waals surface area contributed by atoms with Crippen molar-refractivity contribution in [3.05, 3.63) is 36.0 Å². The van der Waals surface area contributed by atoms with Crippen molar-refractivity contribution in [3.8, 4) is 11.3 Å². The summed E-state index contributed by atoms with van der Waals surface area (Å²) in [6.07, 6.45) is 7.30. The highest BCUT2D eigenvalue weighted by molar-refractivity contribution is 5.98. The molecule has 6 nitrogen and oxygen atoms in total. The molecule has 2 aliphatic rings. The molecule has 1 spiro atoms. The van der Waals surface area contributed by atoms with Gasteiger partial charge in [-0.2, -0.15) is 8.78 Å². The second-order valence-electron chi connectivity index (χ2n) is 8.41. The minimum atomic E-state index is -3.13. The molecule has 1 N–H and O–H groups in total. The standard InChI is InChI=1S/C21H21F2N5O/c1-11-6-15(27-19(25-11)20(3,22)23)14-10-28(17-8-21(17)4-5-21)16-9-24-18(7-13(14)16)26-12(2)29/h6-7,9-10,17H,4-5,8H2,1-3H3,(H,24,26,29). The van der Waals surface area contributed by atoms with Crippen LogP contribution < -0.4 is 5.32 Å². The fourth-order valence-corrected chi connectivity index (χ4v) is 4.18. The number of anilines is 1. The molecule has 2 saturated carbocycles. The van der Waals surface area contributed by atoms with Gasteiger partial charge in [0.15, 0.2) is 5.82 Å². The smallest absolute Gasteiger partial charge is 0.303 e. The quantitative estimate of drug-likeness (QED) is 0.699. The third-order valence-electron chi connectivity index (χ3n) is 5.92. The van der Waals surface area contributed by atoms with E-state index in [4.69, 9.17) is 0 Å². The minimum absolute atomic E-state index is 0.220. The molecule has 5 rings (SSSR count). The lowest BCUT2D eigenvalue weighted by Gasteiger charge is -2.11. The second-order valence-corrected chi connectivity index (χ2v) is 8.41. The number of halogens is 2. The highest BCUT2D eigenvalue weighted by atomic mass is 19.3. The normalized spacial score (nSPS) is 19.6. The van der Waals surface area contributed by atoms with Gasteiger partial charge in [-0.1, -0.05) is 0 Å². The van der Waals surface area contributed by atoms with Gasteiger partial charge in [0.2, 0.25) is 5.91 Å². The van der Waals surface area contributed by atoms with Crippen molar-refractivity contribution in [1.82, 2.24) is 19.5 Å². The molecule has 1 atom stereocenters. The number of nitrogens with zero attached hydrogens (tertiary/aromatic N) is 4. The lowest BCUT2D eigenvalue weighted by Crippen LogP contribution is -2.13. The monoisotopic (exact) mass is 397 g/mol. The molecule has 3 aromatic heterocycles. The van der Waals surface area contributed by atoms with E-state index in [0.717, 1.165) is 29.8 Å². The van der Waals surface area contributed by atoms with Gasteiger partial charge in [0.25, 0.3) is 0 Å². The Morgan fingerprint density at radius 1 is 1.31 bits per heavy atom. The van der Waals surface area contributed by atoms with Crippen LogP contribution in [0.25, 0.3) is 22.2 Å². The first-order chi connectivity index (χ1) is 13.7. The molecule has 150 valence electrons. The summed E-state index contributed by atoms with van der Waals surface area (Å²) in [5.74, 6) is -3.42. The molecule has 0 aromatic carbocycles. The van der Waals surface area contributed by atoms with E-state index < -0.39 is 11.7 Å². The van der Waals surface area contributed by atoms with Crippen LogP contribution >= 0.6 is 0 Å². The van der Waals surface area contributed by atoms with Crippen molar-refractivity contribution in [1.29, 1.82) is 0 Å². The van der Waals surface area contributed by atoms with Crippen molar-refractivity contribution >= 4 is 22.6 Å². The summed E-state index contributed by atoms with van der Waals surface area (Å²) in [5, 5.41) is 3.52. The Morgan fingerprint density at radius 3 is 2.69 bits per heavy atom. The van der Waals surface area contributed by atoms with E-state index in [-0.39, 0.29) is 5.91 Å². The maximum Gasteiger partial charge on any atom is 0.303 e. The summed E-state index contributed by atoms with van der Waals surface area (Å²) < 4.78 is 30.0. The number of carbonyl (C=O) groups is 1. The number of hydrogen-bond acceptors (Lipinski definition) is 4. The molecular formula is C21H21F2N5O. The van der Waals surface area contributed by atoms with Crippen molar-refractivity contribution in [2.24, 2.45) is 5.41 Å². The first-order valence-electron chi connectivity index (χ1n) is 9.69. The molecule has 3 heterocycles. The Balaban J connectivity index is 1.70. The number of pyridine rings is 1. The maximum atomic E-state index is 13.9. The van der Waals surface area contributed by atoms with Gasteiger partial charge in [0, 0.05) is 42.7 Å². The number of aromatic nitrogens is 4. The first-order valence-corrected chi connectivity index (χ1v) is 9.69. The third-order valence-corrected chi connectivity index (χ3v) is 5.92. The molecule has 29 heavy (non-hydrogen) atoms. The van der Waals surface area contributed by atoms with Gasteiger partial charge in [0.05, 0.1) is 17.4 Å². The van der Waals surface area contributed by atoms with Crippen molar-refractivity contribution in [2.75, 3.05) is 5.32 Å². The average Bonchev–Trinajstić information content (AvgIpc) is 3.52. The van der Waals surface area contributed by atoms with E-state index >= 15 is 0 Å². The molecule has 0 aliphatic heterocycles. The number of hydrogen-bond donors (Lipinski definition) is 1. The Labute approximate surface area is 166 Å². The van der Waals surface area contributed by atoms with Crippen LogP contribution in [-0.4, -0.2) is 25.4 Å². The van der Waals surface area contributed by atoms with E-state index in [1.807, 2.05) is 6.20 Å². The van der Waals surface area contributed by atoms with Crippen molar-refractivity contribution in [3.63, 3.8) is 0 Å². The minimum Gasteiger partial charge on any atom is -0.342 e. The Hall–Kier alpha value is -2.90. The average molecular weight is 397 g/mol. The number of alkyl halides is 2. The van der Waals surface area contributed by atoms with Crippen LogP contribution in [0.3, 0.4) is 0 Å². The molecule has 0 radical (unpaired) electrons. The van der Waals surface area contributed by atoms with E-state index in [9.17, 15) is 13.6 Å². The highest BCUT2D eigenvalue weighted by Crippen LogP contribution is 2.73. The lowest BCUT2D eigenvalue weighted by atomic mass is 10.1. The zero-order valence-corrected chi connectivity index (χ0v) is 16.5. The number of nitrogens with one attached hydrogen (secondary N) is 1. The fourth-order valence-electron chi connectivity index (χ4n) is 4.18. The summed E-state index contributed by atoms with van der Waals surface area (Å²) in [5.41, 5.74) is 3.00. The lowest BCUT2D eigenvalue weighted by molar-refractivity contribution is -0.114. The highest BCUT2D eigenvalue weighted by Gasteiger charge is 2.63. The zero-order chi connectivity index (χ0) is 20.6. The predicted molar refractivity (Wildman–Crippen MR) is 105 cm³/mol. The Bertz CT molecular complexity index is 1160. The summed E-state index contributed by atoms with van der Waals surface area (Å²) in [6.45, 7) is 3.90. The van der Waals surface area contributed by atoms with Gasteiger partial charge in [-0.15, -0.1) is 0 Å². The Morgan fingerprint density at radius 2 is 2.07 bits per heavy atom. The van der Waals surface area contributed by atoms with Crippen LogP contribution in [0.2, 0.25) is 0 Å². The Kier molecular flexibility index (Phi) is 3.63. The SMILES string of the molecule is CC(=O)Nc1cc2c(-c3cc(C)nc(C(C)(F)F)n3)cn(C3CC34CC4)c2cn1. The number of fused-ring (bicyclic) bond motifs is 1. The van der Waals surface area contributed by atoms with Gasteiger partial charge in [-0.25, -0.2) is 15.0 Å². The van der Waals surface area contributed by atoms with E-state index in [1.54, 1.807) is 25.3 Å². The fraction of sp³-hybridized carbons (Fsp3) is 0.429. The van der Waals surface area contributed by atoms with Crippen LogP contribution in [-0.2, 0) is 10.7 Å². The van der Waals surface area contributed by atoms with Crippen molar-refractivity contribution < 1.29 is 13.6 Å². The molecule has 3 aromatic rings. The predicted octanol–water partition coefficient (Wildman–Crippen LogP) is 4.60. The molecule has 0 bridgehead atoms. The molecule has 1 unspecified atom stereocenters. The van der Waals surface area contributed by atoms with Gasteiger partial charge in [-0.05, 0) is 43.7 Å². The summed E-state index contributed by atoms with van der Waals surface area (Å²) in [7, 11) is 0. The topological polar surface area (TPSA) is 72.7 Å². The number of aryl methyl sites for hydroxylation is 1. The zero-order valence-electron chi connectivity index (χ0n) is 16.5. The van der Waals surface area contributed by atoms with Crippen molar-refractivity contribution in [2.45, 2.75) is 52.0 Å². The van der Waals surface area contributed by atoms with Crippen LogP contribution in [0.15, 0.2) is 24.5 Å². The van der Waals surface area contributed by atoms with Gasteiger partial charge in [-0.3, -0.25) is 4.79 Å². The molecule has 2 fully saturated rings.